The van der Waals surface area contributed by atoms with Crippen LogP contribution in [0.25, 0.3) is 28.0 Å². The van der Waals surface area contributed by atoms with Gasteiger partial charge in [0.15, 0.2) is 0 Å². The SMILES string of the molecule is COc1ccc(-c2ccc3cc(OC)ccc3c2Oc2ccc(C=CC(=O)NN3CCCCC3)cc2)cc1. The van der Waals surface area contributed by atoms with Crippen LogP contribution < -0.4 is 19.6 Å². The number of benzene rings is 4. The van der Waals surface area contributed by atoms with Crippen LogP contribution in [-0.2, 0) is 4.79 Å². The molecule has 0 spiro atoms. The topological polar surface area (TPSA) is 60.0 Å². The van der Waals surface area contributed by atoms with E-state index in [1.165, 1.54) is 6.42 Å². The van der Waals surface area contributed by atoms with Gasteiger partial charge in [-0.15, -0.1) is 0 Å². The van der Waals surface area contributed by atoms with Gasteiger partial charge < -0.3 is 14.2 Å². The maximum atomic E-state index is 12.3. The van der Waals surface area contributed by atoms with Crippen LogP contribution in [-0.4, -0.2) is 38.2 Å². The van der Waals surface area contributed by atoms with Crippen molar-refractivity contribution < 1.29 is 19.0 Å². The predicted molar refractivity (Wildman–Crippen MR) is 152 cm³/mol. The molecule has 0 radical (unpaired) electrons. The van der Waals surface area contributed by atoms with Crippen LogP contribution in [0.15, 0.2) is 84.9 Å². The van der Waals surface area contributed by atoms with E-state index in [9.17, 15) is 4.79 Å². The van der Waals surface area contributed by atoms with Crippen LogP contribution in [0.2, 0.25) is 0 Å². The highest BCUT2D eigenvalue weighted by Crippen LogP contribution is 2.41. The lowest BCUT2D eigenvalue weighted by atomic mass is 9.99. The molecular weight excluding hydrogens is 476 g/mol. The number of ether oxygens (including phenoxy) is 3. The van der Waals surface area contributed by atoms with E-state index >= 15 is 0 Å². The standard InChI is InChI=1S/C32H32N2O4/c1-36-26-14-9-24(10-15-26)29-17-11-25-22-28(37-2)16-18-30(25)32(29)38-27-12-6-23(7-13-27)8-19-31(35)33-34-20-4-3-5-21-34/h6-19,22H,3-5,20-21H2,1-2H3,(H,33,35). The molecule has 0 atom stereocenters. The van der Waals surface area contributed by atoms with E-state index in [0.29, 0.717) is 5.75 Å². The summed E-state index contributed by atoms with van der Waals surface area (Å²) in [4.78, 5) is 12.3. The Morgan fingerprint density at radius 2 is 1.47 bits per heavy atom. The summed E-state index contributed by atoms with van der Waals surface area (Å²) in [5.41, 5.74) is 5.88. The smallest absolute Gasteiger partial charge is 0.258 e. The van der Waals surface area contributed by atoms with Crippen molar-refractivity contribution in [3.05, 3.63) is 90.5 Å². The number of amides is 1. The number of methoxy groups -OCH3 is 2. The lowest BCUT2D eigenvalue weighted by molar-refractivity contribution is -0.121. The Morgan fingerprint density at radius 3 is 2.18 bits per heavy atom. The van der Waals surface area contributed by atoms with Crippen molar-refractivity contribution in [2.45, 2.75) is 19.3 Å². The van der Waals surface area contributed by atoms with Crippen molar-refractivity contribution in [2.24, 2.45) is 0 Å². The summed E-state index contributed by atoms with van der Waals surface area (Å²) in [7, 11) is 3.32. The van der Waals surface area contributed by atoms with Crippen molar-refractivity contribution in [1.82, 2.24) is 10.4 Å². The second-order valence-electron chi connectivity index (χ2n) is 9.29. The number of carbonyl (C=O) groups is 1. The summed E-state index contributed by atoms with van der Waals surface area (Å²) in [6, 6.07) is 25.8. The minimum absolute atomic E-state index is 0.109. The van der Waals surface area contributed by atoms with Gasteiger partial charge >= 0.3 is 0 Å². The number of hydrogen-bond donors (Lipinski definition) is 1. The molecule has 1 saturated heterocycles. The Bertz CT molecular complexity index is 1420. The van der Waals surface area contributed by atoms with E-state index in [1.807, 2.05) is 77.8 Å². The van der Waals surface area contributed by atoms with Gasteiger partial charge in [0, 0.05) is 30.1 Å². The van der Waals surface area contributed by atoms with Gasteiger partial charge in [-0.3, -0.25) is 10.2 Å². The lowest BCUT2D eigenvalue weighted by Crippen LogP contribution is -2.44. The Balaban J connectivity index is 1.39. The number of fused-ring (bicyclic) bond motifs is 1. The zero-order valence-corrected chi connectivity index (χ0v) is 21.8. The predicted octanol–water partition coefficient (Wildman–Crippen LogP) is 6.85. The van der Waals surface area contributed by atoms with Gasteiger partial charge in [0.25, 0.3) is 5.91 Å². The molecule has 0 aliphatic carbocycles. The molecule has 4 aromatic carbocycles. The van der Waals surface area contributed by atoms with E-state index < -0.39 is 0 Å². The first-order valence-electron chi connectivity index (χ1n) is 12.9. The van der Waals surface area contributed by atoms with Crippen molar-refractivity contribution in [1.29, 1.82) is 0 Å². The molecule has 6 heteroatoms. The molecule has 1 heterocycles. The Labute approximate surface area is 223 Å². The minimum atomic E-state index is -0.109. The molecular formula is C32H32N2O4. The monoisotopic (exact) mass is 508 g/mol. The quantitative estimate of drug-likeness (QED) is 0.264. The number of rotatable bonds is 8. The van der Waals surface area contributed by atoms with Crippen LogP contribution in [0.5, 0.6) is 23.0 Å². The van der Waals surface area contributed by atoms with E-state index in [1.54, 1.807) is 20.3 Å². The van der Waals surface area contributed by atoms with Crippen molar-refractivity contribution in [3.63, 3.8) is 0 Å². The number of carbonyl (C=O) groups excluding carboxylic acids is 1. The number of nitrogens with one attached hydrogen (secondary N) is 1. The van der Waals surface area contributed by atoms with Gasteiger partial charge in [0.2, 0.25) is 0 Å². The third kappa shape index (κ3) is 5.98. The maximum Gasteiger partial charge on any atom is 0.258 e. The molecule has 1 fully saturated rings. The van der Waals surface area contributed by atoms with Gasteiger partial charge in [0.1, 0.15) is 23.0 Å². The first-order valence-corrected chi connectivity index (χ1v) is 12.9. The first-order chi connectivity index (χ1) is 18.6. The molecule has 1 amide bonds. The van der Waals surface area contributed by atoms with E-state index in [4.69, 9.17) is 14.2 Å². The molecule has 0 saturated carbocycles. The zero-order chi connectivity index (χ0) is 26.3. The van der Waals surface area contributed by atoms with Crippen LogP contribution in [0.3, 0.4) is 0 Å². The first kappa shape index (κ1) is 25.4. The summed E-state index contributed by atoms with van der Waals surface area (Å²) in [5, 5.41) is 4.00. The minimum Gasteiger partial charge on any atom is -0.497 e. The molecule has 6 nitrogen and oxygen atoms in total. The van der Waals surface area contributed by atoms with E-state index in [-0.39, 0.29) is 5.91 Å². The highest BCUT2D eigenvalue weighted by molar-refractivity contribution is 5.96. The van der Waals surface area contributed by atoms with Crippen molar-refractivity contribution in [3.8, 4) is 34.1 Å². The van der Waals surface area contributed by atoms with Gasteiger partial charge in [-0.05, 0) is 84.0 Å². The summed E-state index contributed by atoms with van der Waals surface area (Å²) < 4.78 is 17.3. The number of nitrogens with zero attached hydrogens (tertiary/aromatic N) is 1. The molecule has 4 aromatic rings. The molecule has 38 heavy (non-hydrogen) atoms. The highest BCUT2D eigenvalue weighted by atomic mass is 16.5. The Hall–Kier alpha value is -4.29. The van der Waals surface area contributed by atoms with Crippen LogP contribution in [0.4, 0.5) is 0 Å². The highest BCUT2D eigenvalue weighted by Gasteiger charge is 2.14. The van der Waals surface area contributed by atoms with Crippen molar-refractivity contribution >= 4 is 22.8 Å². The number of piperidine rings is 1. The summed E-state index contributed by atoms with van der Waals surface area (Å²) in [5.74, 6) is 2.95. The molecule has 1 aliphatic rings. The fraction of sp³-hybridized carbons (Fsp3) is 0.219. The Morgan fingerprint density at radius 1 is 0.789 bits per heavy atom. The number of hydrogen-bond acceptors (Lipinski definition) is 5. The largest absolute Gasteiger partial charge is 0.497 e. The molecule has 5 rings (SSSR count). The molecule has 1 N–H and O–H groups in total. The van der Waals surface area contributed by atoms with Gasteiger partial charge in [-0.25, -0.2) is 5.01 Å². The van der Waals surface area contributed by atoms with Crippen LogP contribution in [0, 0.1) is 0 Å². The average molecular weight is 509 g/mol. The molecule has 0 aromatic heterocycles. The average Bonchev–Trinajstić information content (AvgIpc) is 2.97. The van der Waals surface area contributed by atoms with E-state index in [0.717, 1.165) is 70.6 Å². The van der Waals surface area contributed by atoms with Crippen LogP contribution >= 0.6 is 0 Å². The molecule has 0 unspecified atom stereocenters. The zero-order valence-electron chi connectivity index (χ0n) is 21.8. The third-order valence-corrected chi connectivity index (χ3v) is 6.73. The second-order valence-corrected chi connectivity index (χ2v) is 9.29. The van der Waals surface area contributed by atoms with Gasteiger partial charge in [-0.1, -0.05) is 36.8 Å². The normalized spacial score (nSPS) is 13.9. The Kier molecular flexibility index (Phi) is 7.90. The molecule has 194 valence electrons. The fourth-order valence-corrected chi connectivity index (χ4v) is 4.65. The lowest BCUT2D eigenvalue weighted by Gasteiger charge is -2.26. The maximum absolute atomic E-state index is 12.3. The second kappa shape index (κ2) is 11.8. The summed E-state index contributed by atoms with van der Waals surface area (Å²) in [6.07, 6.45) is 6.86. The molecule has 1 aliphatic heterocycles. The third-order valence-electron chi connectivity index (χ3n) is 6.73. The fourth-order valence-electron chi connectivity index (χ4n) is 4.65. The van der Waals surface area contributed by atoms with Gasteiger partial charge in [0.05, 0.1) is 14.2 Å². The molecule has 0 bridgehead atoms. The van der Waals surface area contributed by atoms with Crippen LogP contribution in [0.1, 0.15) is 24.8 Å². The van der Waals surface area contributed by atoms with Crippen molar-refractivity contribution in [2.75, 3.05) is 27.3 Å². The summed E-state index contributed by atoms with van der Waals surface area (Å²) in [6.45, 7) is 1.82. The van der Waals surface area contributed by atoms with E-state index in [2.05, 4.69) is 17.6 Å². The van der Waals surface area contributed by atoms with Gasteiger partial charge in [-0.2, -0.15) is 0 Å². The number of hydrazine groups is 1. The summed E-state index contributed by atoms with van der Waals surface area (Å²) >= 11 is 0.